The number of hydrogen-bond donors (Lipinski definition) is 1. The predicted molar refractivity (Wildman–Crippen MR) is 67.3 cm³/mol. The smallest absolute Gasteiger partial charge is 0.251 e. The first-order valence-electron chi connectivity index (χ1n) is 4.34. The first-order chi connectivity index (χ1) is 6.74. The Morgan fingerprint density at radius 3 is 2.57 bits per heavy atom. The van der Waals surface area contributed by atoms with Gasteiger partial charge in [-0.15, -0.1) is 0 Å². The van der Waals surface area contributed by atoms with E-state index in [2.05, 4.69) is 27.9 Å². The van der Waals surface area contributed by atoms with Crippen LogP contribution in [0.25, 0.3) is 0 Å². The fourth-order valence-corrected chi connectivity index (χ4v) is 1.48. The van der Waals surface area contributed by atoms with Crippen LogP contribution in [0, 0.1) is 0 Å². The van der Waals surface area contributed by atoms with Crippen LogP contribution < -0.4 is 5.32 Å². The minimum atomic E-state index is -0.0356. The number of alkyl halides is 1. The summed E-state index contributed by atoms with van der Waals surface area (Å²) in [4.78, 5) is 11.5. The quantitative estimate of drug-likeness (QED) is 0.515. The van der Waals surface area contributed by atoms with E-state index in [1.807, 2.05) is 0 Å². The lowest BCUT2D eigenvalue weighted by molar-refractivity contribution is 0.0954. The Balaban J connectivity index is 2.48. The second kappa shape index (κ2) is 6.24. The van der Waals surface area contributed by atoms with Crippen molar-refractivity contribution in [2.24, 2.45) is 0 Å². The molecule has 1 aromatic rings. The van der Waals surface area contributed by atoms with Crippen molar-refractivity contribution >= 4 is 40.1 Å². The third kappa shape index (κ3) is 3.84. The van der Waals surface area contributed by atoms with Gasteiger partial charge in [-0.1, -0.05) is 34.2 Å². The lowest BCUT2D eigenvalue weighted by Gasteiger charge is -2.03. The lowest BCUT2D eigenvalue weighted by Crippen LogP contribution is -2.24. The average Bonchev–Trinajstić information content (AvgIpc) is 2.19. The van der Waals surface area contributed by atoms with E-state index in [0.717, 1.165) is 17.4 Å². The molecule has 0 aliphatic rings. The molecule has 0 aromatic heterocycles. The van der Waals surface area contributed by atoms with Crippen molar-refractivity contribution in [2.45, 2.75) is 6.42 Å². The summed E-state index contributed by atoms with van der Waals surface area (Å²) in [6.45, 7) is 0.727. The van der Waals surface area contributed by atoms with Gasteiger partial charge in [0.25, 0.3) is 5.91 Å². The van der Waals surface area contributed by atoms with Gasteiger partial charge >= 0.3 is 0 Å². The van der Waals surface area contributed by atoms with Crippen LogP contribution in [-0.4, -0.2) is 16.9 Å². The maximum Gasteiger partial charge on any atom is 0.251 e. The van der Waals surface area contributed by atoms with Gasteiger partial charge in [-0.3, -0.25) is 4.79 Å². The van der Waals surface area contributed by atoms with E-state index in [-0.39, 0.29) is 5.91 Å². The van der Waals surface area contributed by atoms with E-state index in [1.54, 1.807) is 24.3 Å². The Kier molecular flexibility index (Phi) is 5.25. The first kappa shape index (κ1) is 11.8. The highest BCUT2D eigenvalue weighted by molar-refractivity contribution is 14.1. The largest absolute Gasteiger partial charge is 0.352 e. The Morgan fingerprint density at radius 2 is 2.00 bits per heavy atom. The van der Waals surface area contributed by atoms with E-state index in [4.69, 9.17) is 11.6 Å². The standard InChI is InChI=1S/C10H11ClINO/c11-9-4-2-8(3-5-9)10(14)13-7-1-6-12/h2-5H,1,6-7H2,(H,13,14). The molecular weight excluding hydrogens is 312 g/mol. The van der Waals surface area contributed by atoms with Crippen molar-refractivity contribution in [3.05, 3.63) is 34.9 Å². The second-order valence-corrected chi connectivity index (χ2v) is 4.32. The molecule has 0 unspecified atom stereocenters. The highest BCUT2D eigenvalue weighted by Gasteiger charge is 2.03. The van der Waals surface area contributed by atoms with Crippen molar-refractivity contribution in [3.8, 4) is 0 Å². The molecule has 1 rings (SSSR count). The summed E-state index contributed by atoms with van der Waals surface area (Å²) in [5, 5.41) is 3.48. The third-order valence-corrected chi connectivity index (χ3v) is 2.72. The van der Waals surface area contributed by atoms with Crippen LogP contribution in [0.4, 0.5) is 0 Å². The van der Waals surface area contributed by atoms with Crippen LogP contribution in [0.5, 0.6) is 0 Å². The summed E-state index contributed by atoms with van der Waals surface area (Å²) in [6, 6.07) is 6.88. The van der Waals surface area contributed by atoms with Crippen LogP contribution in [0.1, 0.15) is 16.8 Å². The molecule has 4 heteroatoms. The zero-order chi connectivity index (χ0) is 10.4. The highest BCUT2D eigenvalue weighted by Crippen LogP contribution is 2.09. The number of halogens is 2. The van der Waals surface area contributed by atoms with Crippen LogP contribution in [0.15, 0.2) is 24.3 Å². The minimum Gasteiger partial charge on any atom is -0.352 e. The number of carbonyl (C=O) groups is 1. The van der Waals surface area contributed by atoms with E-state index < -0.39 is 0 Å². The molecule has 2 nitrogen and oxygen atoms in total. The number of benzene rings is 1. The molecule has 0 saturated carbocycles. The molecule has 0 spiro atoms. The Hall–Kier alpha value is -0.290. The zero-order valence-corrected chi connectivity index (χ0v) is 10.5. The van der Waals surface area contributed by atoms with Crippen molar-refractivity contribution in [1.82, 2.24) is 5.32 Å². The minimum absolute atomic E-state index is 0.0356. The molecule has 0 atom stereocenters. The predicted octanol–water partition coefficient (Wildman–Crippen LogP) is 2.89. The van der Waals surface area contributed by atoms with Gasteiger partial charge in [0.05, 0.1) is 0 Å². The maximum atomic E-state index is 11.5. The fourth-order valence-electron chi connectivity index (χ4n) is 0.972. The van der Waals surface area contributed by atoms with Crippen molar-refractivity contribution in [3.63, 3.8) is 0 Å². The molecule has 0 aliphatic heterocycles. The fraction of sp³-hybridized carbons (Fsp3) is 0.300. The first-order valence-corrected chi connectivity index (χ1v) is 6.24. The number of carbonyl (C=O) groups excluding carboxylic acids is 1. The highest BCUT2D eigenvalue weighted by atomic mass is 127. The summed E-state index contributed by atoms with van der Waals surface area (Å²) < 4.78 is 1.05. The molecule has 1 aromatic carbocycles. The molecular formula is C10H11ClINO. The summed E-state index contributed by atoms with van der Waals surface area (Å²) in [5.74, 6) is -0.0356. The molecule has 14 heavy (non-hydrogen) atoms. The Morgan fingerprint density at radius 1 is 1.36 bits per heavy atom. The van der Waals surface area contributed by atoms with Gasteiger partial charge in [0, 0.05) is 21.6 Å². The summed E-state index contributed by atoms with van der Waals surface area (Å²) in [5.41, 5.74) is 0.655. The van der Waals surface area contributed by atoms with Gasteiger partial charge in [-0.05, 0) is 30.7 Å². The van der Waals surface area contributed by atoms with Crippen LogP contribution >= 0.6 is 34.2 Å². The summed E-state index contributed by atoms with van der Waals surface area (Å²) >= 11 is 7.99. The van der Waals surface area contributed by atoms with E-state index in [9.17, 15) is 4.79 Å². The molecule has 1 N–H and O–H groups in total. The second-order valence-electron chi connectivity index (χ2n) is 2.81. The van der Waals surface area contributed by atoms with Crippen LogP contribution in [0.2, 0.25) is 5.02 Å². The molecule has 0 heterocycles. The van der Waals surface area contributed by atoms with E-state index in [1.165, 1.54) is 0 Å². The van der Waals surface area contributed by atoms with E-state index >= 15 is 0 Å². The lowest BCUT2D eigenvalue weighted by atomic mass is 10.2. The normalized spacial score (nSPS) is 9.86. The van der Waals surface area contributed by atoms with Gasteiger partial charge in [0.2, 0.25) is 0 Å². The number of amides is 1. The molecule has 0 fully saturated rings. The van der Waals surface area contributed by atoms with Gasteiger partial charge in [-0.25, -0.2) is 0 Å². The van der Waals surface area contributed by atoms with Crippen LogP contribution in [-0.2, 0) is 0 Å². The molecule has 0 radical (unpaired) electrons. The Bertz CT molecular complexity index is 299. The van der Waals surface area contributed by atoms with Gasteiger partial charge in [0.15, 0.2) is 0 Å². The average molecular weight is 324 g/mol. The molecule has 0 saturated heterocycles. The van der Waals surface area contributed by atoms with Crippen LogP contribution in [0.3, 0.4) is 0 Å². The van der Waals surface area contributed by atoms with Crippen molar-refractivity contribution < 1.29 is 4.79 Å². The van der Waals surface area contributed by atoms with E-state index in [0.29, 0.717) is 10.6 Å². The Labute approximate surface area is 102 Å². The topological polar surface area (TPSA) is 29.1 Å². The third-order valence-electron chi connectivity index (χ3n) is 1.70. The molecule has 0 bridgehead atoms. The summed E-state index contributed by atoms with van der Waals surface area (Å²) in [7, 11) is 0. The van der Waals surface area contributed by atoms with Gasteiger partial charge < -0.3 is 5.32 Å². The van der Waals surface area contributed by atoms with Crippen molar-refractivity contribution in [2.75, 3.05) is 11.0 Å². The van der Waals surface area contributed by atoms with Gasteiger partial charge in [0.1, 0.15) is 0 Å². The number of nitrogens with one attached hydrogen (secondary N) is 1. The molecule has 1 amide bonds. The number of rotatable bonds is 4. The number of hydrogen-bond acceptors (Lipinski definition) is 1. The zero-order valence-electron chi connectivity index (χ0n) is 7.59. The van der Waals surface area contributed by atoms with Crippen molar-refractivity contribution in [1.29, 1.82) is 0 Å². The SMILES string of the molecule is O=C(NCCCI)c1ccc(Cl)cc1. The molecule has 76 valence electrons. The molecule has 0 aliphatic carbocycles. The summed E-state index contributed by atoms with van der Waals surface area (Å²) in [6.07, 6.45) is 1.000. The van der Waals surface area contributed by atoms with Gasteiger partial charge in [-0.2, -0.15) is 0 Å². The maximum absolute atomic E-state index is 11.5. The monoisotopic (exact) mass is 323 g/mol.